The maximum atomic E-state index is 12.2. The van der Waals surface area contributed by atoms with Crippen molar-refractivity contribution in [2.24, 2.45) is 0 Å². The summed E-state index contributed by atoms with van der Waals surface area (Å²) in [5, 5.41) is 7.27. The average molecular weight is 424 g/mol. The van der Waals surface area contributed by atoms with Crippen LogP contribution in [0.25, 0.3) is 0 Å². The van der Waals surface area contributed by atoms with Gasteiger partial charge in [0.2, 0.25) is 5.91 Å². The van der Waals surface area contributed by atoms with Crippen LogP contribution in [-0.4, -0.2) is 37.3 Å². The first-order valence-electron chi connectivity index (χ1n) is 8.49. The minimum absolute atomic E-state index is 0.204. The van der Waals surface area contributed by atoms with Crippen molar-refractivity contribution in [1.29, 1.82) is 0 Å². The van der Waals surface area contributed by atoms with E-state index in [2.05, 4.69) is 15.5 Å². The van der Waals surface area contributed by atoms with Gasteiger partial charge < -0.3 is 20.3 Å². The third-order valence-electron chi connectivity index (χ3n) is 4.09. The van der Waals surface area contributed by atoms with E-state index in [1.165, 1.54) is 0 Å². The smallest absolute Gasteiger partial charge is 0.230 e. The predicted molar refractivity (Wildman–Crippen MR) is 114 cm³/mol. The molecule has 0 radical (unpaired) electrons. The first-order valence-corrected chi connectivity index (χ1v) is 9.66. The Balaban J connectivity index is 1.64. The molecular weight excluding hydrogens is 405 g/mol. The molecule has 0 unspecified atom stereocenters. The van der Waals surface area contributed by atoms with Crippen LogP contribution in [-0.2, 0) is 16.0 Å². The number of morpholine rings is 1. The normalized spacial score (nSPS) is 13.9. The minimum atomic E-state index is -0.204. The van der Waals surface area contributed by atoms with Gasteiger partial charge in [-0.05, 0) is 42.0 Å². The number of rotatable bonds is 4. The minimum Gasteiger partial charge on any atom is -0.378 e. The van der Waals surface area contributed by atoms with Gasteiger partial charge in [0.05, 0.1) is 36.0 Å². The summed E-state index contributed by atoms with van der Waals surface area (Å²) in [6.07, 6.45) is 0.213. The van der Waals surface area contributed by atoms with E-state index in [0.29, 0.717) is 23.3 Å². The van der Waals surface area contributed by atoms with Gasteiger partial charge in [0.15, 0.2) is 5.11 Å². The Morgan fingerprint density at radius 2 is 1.81 bits per heavy atom. The zero-order chi connectivity index (χ0) is 19.2. The fourth-order valence-electron chi connectivity index (χ4n) is 2.84. The first kappa shape index (κ1) is 19.9. The van der Waals surface area contributed by atoms with Crippen LogP contribution in [0.1, 0.15) is 5.56 Å². The van der Waals surface area contributed by atoms with Gasteiger partial charge in [0, 0.05) is 18.1 Å². The summed E-state index contributed by atoms with van der Waals surface area (Å²) in [4.78, 5) is 14.4. The third kappa shape index (κ3) is 5.56. The molecule has 0 aromatic heterocycles. The number of anilines is 2. The monoisotopic (exact) mass is 423 g/mol. The van der Waals surface area contributed by atoms with Gasteiger partial charge in [-0.3, -0.25) is 4.79 Å². The third-order valence-corrected chi connectivity index (χ3v) is 4.85. The lowest BCUT2D eigenvalue weighted by atomic mass is 10.1. The van der Waals surface area contributed by atoms with Crippen LogP contribution in [0.3, 0.4) is 0 Å². The van der Waals surface area contributed by atoms with E-state index in [1.807, 2.05) is 30.3 Å². The van der Waals surface area contributed by atoms with E-state index in [0.717, 1.165) is 30.0 Å². The maximum Gasteiger partial charge on any atom is 0.230 e. The molecule has 0 saturated carbocycles. The summed E-state index contributed by atoms with van der Waals surface area (Å²) in [6.45, 7) is 2.78. The zero-order valence-electron chi connectivity index (χ0n) is 14.5. The second kappa shape index (κ2) is 9.37. The molecule has 2 aromatic carbocycles. The molecule has 0 aliphatic carbocycles. The quantitative estimate of drug-likeness (QED) is 0.730. The fourth-order valence-corrected chi connectivity index (χ4v) is 3.48. The molecule has 0 spiro atoms. The number of hydrogen-bond donors (Lipinski definition) is 2. The lowest BCUT2D eigenvalue weighted by molar-refractivity contribution is -0.119. The number of thiocarbonyl (C=S) groups is 1. The Hall–Kier alpha value is -1.86. The van der Waals surface area contributed by atoms with Crippen LogP contribution < -0.4 is 15.5 Å². The Morgan fingerprint density at radius 1 is 1.11 bits per heavy atom. The van der Waals surface area contributed by atoms with Crippen LogP contribution in [0, 0.1) is 0 Å². The van der Waals surface area contributed by atoms with Crippen molar-refractivity contribution in [3.05, 3.63) is 58.1 Å². The van der Waals surface area contributed by atoms with Crippen molar-refractivity contribution in [3.63, 3.8) is 0 Å². The van der Waals surface area contributed by atoms with Crippen LogP contribution in [0.4, 0.5) is 11.4 Å². The highest BCUT2D eigenvalue weighted by molar-refractivity contribution is 7.80. The van der Waals surface area contributed by atoms with Gasteiger partial charge in [-0.2, -0.15) is 0 Å². The molecule has 5 nitrogen and oxygen atoms in total. The van der Waals surface area contributed by atoms with E-state index in [-0.39, 0.29) is 17.4 Å². The number of ether oxygens (including phenoxy) is 1. The molecule has 0 bridgehead atoms. The molecule has 1 heterocycles. The molecule has 0 atom stereocenters. The zero-order valence-corrected chi connectivity index (χ0v) is 16.8. The van der Waals surface area contributed by atoms with Gasteiger partial charge in [-0.1, -0.05) is 41.4 Å². The molecular formula is C19H19Cl2N3O2S. The second-order valence-corrected chi connectivity index (χ2v) is 7.29. The lowest BCUT2D eigenvalue weighted by Crippen LogP contribution is -2.38. The summed E-state index contributed by atoms with van der Waals surface area (Å²) in [5.41, 5.74) is 2.47. The molecule has 142 valence electrons. The van der Waals surface area contributed by atoms with Gasteiger partial charge >= 0.3 is 0 Å². The van der Waals surface area contributed by atoms with Gasteiger partial charge in [0.1, 0.15) is 0 Å². The molecule has 1 saturated heterocycles. The highest BCUT2D eigenvalue weighted by Crippen LogP contribution is 2.34. The summed E-state index contributed by atoms with van der Waals surface area (Å²) in [7, 11) is 0. The molecule has 27 heavy (non-hydrogen) atoms. The van der Waals surface area contributed by atoms with E-state index in [9.17, 15) is 4.79 Å². The van der Waals surface area contributed by atoms with Gasteiger partial charge in [-0.15, -0.1) is 0 Å². The van der Waals surface area contributed by atoms with Crippen LogP contribution >= 0.6 is 35.4 Å². The number of carbonyl (C=O) groups is 1. The summed E-state index contributed by atoms with van der Waals surface area (Å²) in [6, 6.07) is 12.7. The standard InChI is InChI=1S/C19H19Cl2N3O2S/c20-14-6-4-13(5-7-14)12-17(25)23-19(27)22-16-3-1-2-15(21)18(16)24-8-10-26-11-9-24/h1-7H,8-12H2,(H2,22,23,25,27). The van der Waals surface area contributed by atoms with Crippen LogP contribution in [0.15, 0.2) is 42.5 Å². The second-order valence-electron chi connectivity index (χ2n) is 6.04. The number of halogens is 2. The Morgan fingerprint density at radius 3 is 2.52 bits per heavy atom. The number of para-hydroxylation sites is 1. The first-order chi connectivity index (χ1) is 13.0. The molecule has 1 amide bonds. The maximum absolute atomic E-state index is 12.2. The van der Waals surface area contributed by atoms with Gasteiger partial charge in [0.25, 0.3) is 0 Å². The SMILES string of the molecule is O=C(Cc1ccc(Cl)cc1)NC(=S)Nc1cccc(Cl)c1N1CCOCC1. The number of hydrogen-bond acceptors (Lipinski definition) is 4. The van der Waals surface area contributed by atoms with Crippen molar-refractivity contribution in [1.82, 2.24) is 5.32 Å². The van der Waals surface area contributed by atoms with E-state index < -0.39 is 0 Å². The number of carbonyl (C=O) groups excluding carboxylic acids is 1. The highest BCUT2D eigenvalue weighted by atomic mass is 35.5. The Bertz CT molecular complexity index is 824. The van der Waals surface area contributed by atoms with Crippen LogP contribution in [0.5, 0.6) is 0 Å². The Kier molecular flexibility index (Phi) is 6.90. The molecule has 3 rings (SSSR count). The predicted octanol–water partition coefficient (Wildman–Crippen LogP) is 3.89. The largest absolute Gasteiger partial charge is 0.378 e. The number of benzene rings is 2. The highest BCUT2D eigenvalue weighted by Gasteiger charge is 2.18. The lowest BCUT2D eigenvalue weighted by Gasteiger charge is -2.31. The molecule has 2 aromatic rings. The average Bonchev–Trinajstić information content (AvgIpc) is 2.64. The van der Waals surface area contributed by atoms with E-state index >= 15 is 0 Å². The van der Waals surface area contributed by atoms with Crippen molar-refractivity contribution in [2.45, 2.75) is 6.42 Å². The molecule has 8 heteroatoms. The van der Waals surface area contributed by atoms with Crippen molar-refractivity contribution < 1.29 is 9.53 Å². The van der Waals surface area contributed by atoms with E-state index in [1.54, 1.807) is 12.1 Å². The summed E-state index contributed by atoms with van der Waals surface area (Å²) >= 11 is 17.6. The molecule has 2 N–H and O–H groups in total. The number of amides is 1. The molecule has 1 aliphatic rings. The van der Waals surface area contributed by atoms with Crippen molar-refractivity contribution in [2.75, 3.05) is 36.5 Å². The topological polar surface area (TPSA) is 53.6 Å². The number of nitrogens with one attached hydrogen (secondary N) is 2. The molecule has 1 fully saturated rings. The summed E-state index contributed by atoms with van der Waals surface area (Å²) < 4.78 is 5.40. The van der Waals surface area contributed by atoms with Gasteiger partial charge in [-0.25, -0.2) is 0 Å². The Labute approximate surface area is 173 Å². The van der Waals surface area contributed by atoms with Crippen molar-refractivity contribution >= 4 is 57.8 Å². The fraction of sp³-hybridized carbons (Fsp3) is 0.263. The van der Waals surface area contributed by atoms with E-state index in [4.69, 9.17) is 40.2 Å². The number of nitrogens with zero attached hydrogens (tertiary/aromatic N) is 1. The van der Waals surface area contributed by atoms with Crippen LogP contribution in [0.2, 0.25) is 10.0 Å². The van der Waals surface area contributed by atoms with Crippen molar-refractivity contribution in [3.8, 4) is 0 Å². The molecule has 1 aliphatic heterocycles. The summed E-state index contributed by atoms with van der Waals surface area (Å²) in [5.74, 6) is -0.204.